The molecule has 1 fully saturated rings. The van der Waals surface area contributed by atoms with E-state index in [0.29, 0.717) is 23.6 Å². The number of carbonyl (C=O) groups is 1. The van der Waals surface area contributed by atoms with Gasteiger partial charge < -0.3 is 19.5 Å². The summed E-state index contributed by atoms with van der Waals surface area (Å²) >= 11 is 0. The van der Waals surface area contributed by atoms with Gasteiger partial charge in [0.15, 0.2) is 17.6 Å². The molecule has 0 bridgehead atoms. The number of nitriles is 1. The van der Waals surface area contributed by atoms with Crippen molar-refractivity contribution in [3.05, 3.63) is 23.8 Å². The van der Waals surface area contributed by atoms with Crippen LogP contribution in [0.2, 0.25) is 0 Å². The van der Waals surface area contributed by atoms with Crippen molar-refractivity contribution in [3.63, 3.8) is 0 Å². The molecule has 0 aromatic heterocycles. The Hall–Kier alpha value is -2.42. The minimum Gasteiger partial charge on any atom is -0.493 e. The Kier molecular flexibility index (Phi) is 3.53. The zero-order valence-electron chi connectivity index (χ0n) is 9.80. The van der Waals surface area contributed by atoms with Gasteiger partial charge in [-0.1, -0.05) is 0 Å². The van der Waals surface area contributed by atoms with Crippen LogP contribution < -0.4 is 14.8 Å². The molecule has 0 spiro atoms. The summed E-state index contributed by atoms with van der Waals surface area (Å²) in [5.41, 5.74) is 0.494. The highest BCUT2D eigenvalue weighted by Crippen LogP contribution is 2.28. The van der Waals surface area contributed by atoms with E-state index in [1.165, 1.54) is 7.11 Å². The van der Waals surface area contributed by atoms with Crippen LogP contribution in [0.25, 0.3) is 0 Å². The van der Waals surface area contributed by atoms with Crippen LogP contribution in [-0.2, 0) is 4.74 Å². The second-order valence-electron chi connectivity index (χ2n) is 3.70. The quantitative estimate of drug-likeness (QED) is 0.861. The molecular formula is C12H12N2O4. The van der Waals surface area contributed by atoms with Gasteiger partial charge >= 0.3 is 6.09 Å². The highest BCUT2D eigenvalue weighted by molar-refractivity contribution is 5.69. The highest BCUT2D eigenvalue weighted by atomic mass is 16.6. The van der Waals surface area contributed by atoms with Crippen LogP contribution in [0.3, 0.4) is 0 Å². The number of alkyl carbamates (subject to hydrolysis) is 1. The molecule has 1 unspecified atom stereocenters. The minimum atomic E-state index is -0.435. The van der Waals surface area contributed by atoms with E-state index in [1.807, 2.05) is 6.07 Å². The lowest BCUT2D eigenvalue weighted by atomic mass is 10.2. The number of benzene rings is 1. The van der Waals surface area contributed by atoms with Gasteiger partial charge in [-0.05, 0) is 12.1 Å². The summed E-state index contributed by atoms with van der Waals surface area (Å²) in [7, 11) is 1.50. The number of amides is 1. The molecule has 0 saturated carbocycles. The molecule has 94 valence electrons. The third-order valence-corrected chi connectivity index (χ3v) is 2.47. The third kappa shape index (κ3) is 2.63. The van der Waals surface area contributed by atoms with Gasteiger partial charge in [-0.3, -0.25) is 0 Å². The van der Waals surface area contributed by atoms with E-state index in [-0.39, 0.29) is 12.7 Å². The van der Waals surface area contributed by atoms with Crippen molar-refractivity contribution in [2.24, 2.45) is 0 Å². The van der Waals surface area contributed by atoms with Crippen LogP contribution >= 0.6 is 0 Å². The maximum atomic E-state index is 10.8. The Labute approximate surface area is 104 Å². The first kappa shape index (κ1) is 12.0. The van der Waals surface area contributed by atoms with Gasteiger partial charge in [-0.25, -0.2) is 4.79 Å². The second kappa shape index (κ2) is 5.27. The number of nitrogens with one attached hydrogen (secondary N) is 1. The van der Waals surface area contributed by atoms with E-state index in [1.54, 1.807) is 18.2 Å². The molecule has 18 heavy (non-hydrogen) atoms. The summed E-state index contributed by atoms with van der Waals surface area (Å²) in [4.78, 5) is 10.8. The summed E-state index contributed by atoms with van der Waals surface area (Å²) in [6.45, 7) is 0.665. The van der Waals surface area contributed by atoms with Crippen molar-refractivity contribution >= 4 is 6.09 Å². The van der Waals surface area contributed by atoms with Gasteiger partial charge in [0, 0.05) is 6.07 Å². The number of hydrogen-bond donors (Lipinski definition) is 1. The van der Waals surface area contributed by atoms with Crippen LogP contribution in [0.1, 0.15) is 5.56 Å². The van der Waals surface area contributed by atoms with Crippen LogP contribution in [0, 0.1) is 11.3 Å². The molecule has 1 aliphatic rings. The first-order chi connectivity index (χ1) is 8.72. The lowest BCUT2D eigenvalue weighted by molar-refractivity contribution is 0.103. The Morgan fingerprint density at radius 2 is 2.39 bits per heavy atom. The Morgan fingerprint density at radius 3 is 3.00 bits per heavy atom. The Balaban J connectivity index is 2.00. The first-order valence-electron chi connectivity index (χ1n) is 5.38. The first-order valence-corrected chi connectivity index (χ1v) is 5.38. The van der Waals surface area contributed by atoms with E-state index in [4.69, 9.17) is 19.5 Å². The topological polar surface area (TPSA) is 80.6 Å². The van der Waals surface area contributed by atoms with Crippen molar-refractivity contribution in [2.75, 3.05) is 20.3 Å². The molecule has 1 saturated heterocycles. The van der Waals surface area contributed by atoms with Crippen molar-refractivity contribution in [1.29, 1.82) is 5.26 Å². The van der Waals surface area contributed by atoms with Gasteiger partial charge in [0.1, 0.15) is 6.61 Å². The standard InChI is InChI=1S/C12H12N2O4/c1-16-11-4-8(5-13)2-3-10(11)17-7-9-6-14-12(15)18-9/h2-4,9H,6-7H2,1H3,(H,14,15). The van der Waals surface area contributed by atoms with Crippen LogP contribution in [0.5, 0.6) is 11.5 Å². The van der Waals surface area contributed by atoms with Gasteiger partial charge in [-0.2, -0.15) is 5.26 Å². The molecule has 1 aliphatic heterocycles. The average Bonchev–Trinajstić information content (AvgIpc) is 2.82. The Morgan fingerprint density at radius 1 is 1.56 bits per heavy atom. The fourth-order valence-electron chi connectivity index (χ4n) is 1.56. The molecule has 1 aromatic carbocycles. The molecule has 1 heterocycles. The zero-order valence-corrected chi connectivity index (χ0v) is 9.80. The fourth-order valence-corrected chi connectivity index (χ4v) is 1.56. The van der Waals surface area contributed by atoms with E-state index in [9.17, 15) is 4.79 Å². The van der Waals surface area contributed by atoms with Gasteiger partial charge in [0.05, 0.1) is 25.3 Å². The number of cyclic esters (lactones) is 1. The van der Waals surface area contributed by atoms with Crippen molar-refractivity contribution in [2.45, 2.75) is 6.10 Å². The van der Waals surface area contributed by atoms with Gasteiger partial charge in [0.2, 0.25) is 0 Å². The summed E-state index contributed by atoms with van der Waals surface area (Å²) in [6, 6.07) is 6.90. The van der Waals surface area contributed by atoms with Crippen LogP contribution in [0.4, 0.5) is 4.79 Å². The van der Waals surface area contributed by atoms with Crippen molar-refractivity contribution < 1.29 is 19.0 Å². The van der Waals surface area contributed by atoms with Crippen LogP contribution in [0.15, 0.2) is 18.2 Å². The average molecular weight is 248 g/mol. The molecule has 6 nitrogen and oxygen atoms in total. The summed E-state index contributed by atoms with van der Waals surface area (Å²) in [5.74, 6) is 0.991. The normalized spacial score (nSPS) is 17.6. The summed E-state index contributed by atoms with van der Waals surface area (Å²) in [6.07, 6.45) is -0.742. The number of methoxy groups -OCH3 is 1. The van der Waals surface area contributed by atoms with Crippen LogP contribution in [-0.4, -0.2) is 32.5 Å². The molecule has 1 N–H and O–H groups in total. The van der Waals surface area contributed by atoms with E-state index >= 15 is 0 Å². The molecule has 0 radical (unpaired) electrons. The molecule has 0 aliphatic carbocycles. The highest BCUT2D eigenvalue weighted by Gasteiger charge is 2.23. The number of nitrogens with zero attached hydrogens (tertiary/aromatic N) is 1. The second-order valence-corrected chi connectivity index (χ2v) is 3.70. The molecular weight excluding hydrogens is 236 g/mol. The predicted octanol–water partition coefficient (Wildman–Crippen LogP) is 1.05. The van der Waals surface area contributed by atoms with Crippen molar-refractivity contribution in [1.82, 2.24) is 5.32 Å². The number of rotatable bonds is 4. The smallest absolute Gasteiger partial charge is 0.407 e. The maximum Gasteiger partial charge on any atom is 0.407 e. The number of carbonyl (C=O) groups excluding carboxylic acids is 1. The maximum absolute atomic E-state index is 10.8. The lowest BCUT2D eigenvalue weighted by Crippen LogP contribution is -2.22. The number of hydrogen-bond acceptors (Lipinski definition) is 5. The van der Waals surface area contributed by atoms with Gasteiger partial charge in [-0.15, -0.1) is 0 Å². The van der Waals surface area contributed by atoms with Crippen molar-refractivity contribution in [3.8, 4) is 17.6 Å². The molecule has 1 amide bonds. The Bertz CT molecular complexity index is 495. The SMILES string of the molecule is COc1cc(C#N)ccc1OCC1CNC(=O)O1. The zero-order chi connectivity index (χ0) is 13.0. The third-order valence-electron chi connectivity index (χ3n) is 2.47. The molecule has 1 aromatic rings. The molecule has 6 heteroatoms. The monoisotopic (exact) mass is 248 g/mol. The minimum absolute atomic E-state index is 0.237. The number of ether oxygens (including phenoxy) is 3. The van der Waals surface area contributed by atoms with Gasteiger partial charge in [0.25, 0.3) is 0 Å². The molecule has 1 atom stereocenters. The van der Waals surface area contributed by atoms with E-state index < -0.39 is 6.09 Å². The molecule has 2 rings (SSSR count). The van der Waals surface area contributed by atoms with E-state index in [0.717, 1.165) is 0 Å². The predicted molar refractivity (Wildman–Crippen MR) is 61.5 cm³/mol. The summed E-state index contributed by atoms with van der Waals surface area (Å²) in [5, 5.41) is 11.3. The fraction of sp³-hybridized carbons (Fsp3) is 0.333. The summed E-state index contributed by atoms with van der Waals surface area (Å²) < 4.78 is 15.6. The lowest BCUT2D eigenvalue weighted by Gasteiger charge is -2.13. The van der Waals surface area contributed by atoms with E-state index in [2.05, 4.69) is 5.32 Å². The largest absolute Gasteiger partial charge is 0.493 e.